The van der Waals surface area contributed by atoms with Gasteiger partial charge in [-0.05, 0) is 24.6 Å². The second kappa shape index (κ2) is 3.94. The van der Waals surface area contributed by atoms with Crippen LogP contribution in [-0.2, 0) is 7.05 Å². The van der Waals surface area contributed by atoms with Gasteiger partial charge in [-0.2, -0.15) is 5.10 Å². The maximum Gasteiger partial charge on any atom is 0.190 e. The Balaban J connectivity index is 2.25. The lowest BCUT2D eigenvalue weighted by molar-refractivity contribution is 0.685. The van der Waals surface area contributed by atoms with E-state index >= 15 is 0 Å². The van der Waals surface area contributed by atoms with Crippen molar-refractivity contribution in [1.82, 2.24) is 14.8 Å². The molecule has 0 aliphatic rings. The molecule has 78 valence electrons. The van der Waals surface area contributed by atoms with Crippen LogP contribution in [0.1, 0.15) is 5.56 Å². The second-order valence-corrected chi connectivity index (χ2v) is 4.33. The third-order valence-electron chi connectivity index (χ3n) is 2.13. The van der Waals surface area contributed by atoms with E-state index in [1.807, 2.05) is 32.2 Å². The summed E-state index contributed by atoms with van der Waals surface area (Å²) in [5, 5.41) is 4.87. The van der Waals surface area contributed by atoms with Crippen molar-refractivity contribution in [3.8, 4) is 0 Å². The molecule has 0 unspecified atom stereocenters. The van der Waals surface area contributed by atoms with Crippen LogP contribution in [0.2, 0.25) is 0 Å². The third-order valence-corrected chi connectivity index (χ3v) is 3.17. The number of aryl methyl sites for hydroxylation is 2. The normalized spacial score (nSPS) is 10.5. The lowest BCUT2D eigenvalue weighted by atomic mass is 10.2. The van der Waals surface area contributed by atoms with Crippen LogP contribution in [0.25, 0.3) is 0 Å². The summed E-state index contributed by atoms with van der Waals surface area (Å²) in [4.78, 5) is 5.22. The van der Waals surface area contributed by atoms with Gasteiger partial charge in [-0.1, -0.05) is 17.8 Å². The Kier molecular flexibility index (Phi) is 2.64. The minimum absolute atomic E-state index is 0.808. The van der Waals surface area contributed by atoms with Gasteiger partial charge in [0.25, 0.3) is 0 Å². The van der Waals surface area contributed by atoms with E-state index < -0.39 is 0 Å². The summed E-state index contributed by atoms with van der Waals surface area (Å²) in [5.74, 6) is 0. The first-order valence-corrected chi connectivity index (χ1v) is 5.36. The van der Waals surface area contributed by atoms with Crippen LogP contribution < -0.4 is 5.73 Å². The molecular formula is C10H12N4S. The number of nitrogens with zero attached hydrogens (tertiary/aromatic N) is 3. The summed E-state index contributed by atoms with van der Waals surface area (Å²) in [5.41, 5.74) is 7.73. The van der Waals surface area contributed by atoms with Crippen molar-refractivity contribution in [2.75, 3.05) is 5.73 Å². The summed E-state index contributed by atoms with van der Waals surface area (Å²) in [6.07, 6.45) is 1.54. The van der Waals surface area contributed by atoms with Crippen LogP contribution in [-0.4, -0.2) is 14.8 Å². The van der Waals surface area contributed by atoms with Gasteiger partial charge >= 0.3 is 0 Å². The zero-order valence-electron chi connectivity index (χ0n) is 8.64. The van der Waals surface area contributed by atoms with E-state index in [9.17, 15) is 0 Å². The highest BCUT2D eigenvalue weighted by molar-refractivity contribution is 7.99. The first-order chi connectivity index (χ1) is 7.16. The fourth-order valence-electron chi connectivity index (χ4n) is 1.17. The van der Waals surface area contributed by atoms with Gasteiger partial charge in [-0.15, -0.1) is 0 Å². The molecule has 15 heavy (non-hydrogen) atoms. The zero-order chi connectivity index (χ0) is 10.8. The molecule has 2 rings (SSSR count). The van der Waals surface area contributed by atoms with Gasteiger partial charge in [0.15, 0.2) is 5.16 Å². The standard InChI is InChI=1S/C10H12N4S/c1-7-3-4-8(5-9(7)11)15-10-12-6-13-14(10)2/h3-6H,11H2,1-2H3. The Labute approximate surface area is 92.5 Å². The largest absolute Gasteiger partial charge is 0.398 e. The molecule has 0 atom stereocenters. The van der Waals surface area contributed by atoms with Crippen molar-refractivity contribution < 1.29 is 0 Å². The maximum absolute atomic E-state index is 5.83. The van der Waals surface area contributed by atoms with Crippen LogP contribution >= 0.6 is 11.8 Å². The Bertz CT molecular complexity index is 478. The van der Waals surface area contributed by atoms with Crippen LogP contribution in [0.15, 0.2) is 34.6 Å². The average Bonchev–Trinajstić information content (AvgIpc) is 2.59. The van der Waals surface area contributed by atoms with Crippen LogP contribution in [0.4, 0.5) is 5.69 Å². The van der Waals surface area contributed by atoms with Crippen molar-refractivity contribution >= 4 is 17.4 Å². The third kappa shape index (κ3) is 2.12. The van der Waals surface area contributed by atoms with Crippen LogP contribution in [0, 0.1) is 6.92 Å². The Morgan fingerprint density at radius 2 is 2.20 bits per heavy atom. The Morgan fingerprint density at radius 3 is 2.80 bits per heavy atom. The molecule has 5 heteroatoms. The van der Waals surface area contributed by atoms with E-state index in [0.717, 1.165) is 21.3 Å². The van der Waals surface area contributed by atoms with Gasteiger partial charge in [0.05, 0.1) is 0 Å². The van der Waals surface area contributed by atoms with Crippen molar-refractivity contribution in [1.29, 1.82) is 0 Å². The summed E-state index contributed by atoms with van der Waals surface area (Å²) in [6.45, 7) is 1.99. The molecule has 0 aliphatic heterocycles. The molecule has 4 nitrogen and oxygen atoms in total. The molecule has 2 aromatic rings. The van der Waals surface area contributed by atoms with E-state index in [2.05, 4.69) is 10.1 Å². The fourth-order valence-corrected chi connectivity index (χ4v) is 1.98. The number of nitrogen functional groups attached to an aromatic ring is 1. The van der Waals surface area contributed by atoms with Gasteiger partial charge < -0.3 is 5.73 Å². The predicted octanol–water partition coefficient (Wildman–Crippen LogP) is 1.86. The lowest BCUT2D eigenvalue weighted by Gasteiger charge is -2.03. The van der Waals surface area contributed by atoms with Crippen molar-refractivity contribution in [2.24, 2.45) is 7.05 Å². The topological polar surface area (TPSA) is 56.7 Å². The molecular weight excluding hydrogens is 208 g/mol. The summed E-state index contributed by atoms with van der Waals surface area (Å²) >= 11 is 1.55. The summed E-state index contributed by atoms with van der Waals surface area (Å²) < 4.78 is 1.74. The average molecular weight is 220 g/mol. The molecule has 0 saturated heterocycles. The first-order valence-electron chi connectivity index (χ1n) is 4.55. The number of hydrogen-bond donors (Lipinski definition) is 1. The first kappa shape index (κ1) is 10.0. The minimum atomic E-state index is 0.808. The number of anilines is 1. The lowest BCUT2D eigenvalue weighted by Crippen LogP contribution is -1.93. The Hall–Kier alpha value is -1.49. The predicted molar refractivity (Wildman–Crippen MR) is 60.7 cm³/mol. The number of nitrogens with two attached hydrogens (primary N) is 1. The van der Waals surface area contributed by atoms with E-state index in [-0.39, 0.29) is 0 Å². The fraction of sp³-hybridized carbons (Fsp3) is 0.200. The highest BCUT2D eigenvalue weighted by atomic mass is 32.2. The van der Waals surface area contributed by atoms with Crippen LogP contribution in [0.5, 0.6) is 0 Å². The second-order valence-electron chi connectivity index (χ2n) is 3.29. The smallest absolute Gasteiger partial charge is 0.190 e. The van der Waals surface area contributed by atoms with Crippen molar-refractivity contribution in [3.05, 3.63) is 30.1 Å². The molecule has 1 aromatic carbocycles. The number of aromatic nitrogens is 3. The quantitative estimate of drug-likeness (QED) is 0.785. The van der Waals surface area contributed by atoms with Crippen molar-refractivity contribution in [3.63, 3.8) is 0 Å². The number of hydrogen-bond acceptors (Lipinski definition) is 4. The van der Waals surface area contributed by atoms with Crippen molar-refractivity contribution in [2.45, 2.75) is 17.0 Å². The van der Waals surface area contributed by atoms with Gasteiger partial charge in [0, 0.05) is 17.6 Å². The van der Waals surface area contributed by atoms with Gasteiger partial charge in [0.2, 0.25) is 0 Å². The van der Waals surface area contributed by atoms with Gasteiger partial charge in [0.1, 0.15) is 6.33 Å². The van der Waals surface area contributed by atoms with Gasteiger partial charge in [-0.25, -0.2) is 9.67 Å². The highest BCUT2D eigenvalue weighted by Crippen LogP contribution is 2.27. The van der Waals surface area contributed by atoms with E-state index in [4.69, 9.17) is 5.73 Å². The molecule has 0 saturated carbocycles. The molecule has 0 spiro atoms. The minimum Gasteiger partial charge on any atom is -0.398 e. The molecule has 0 bridgehead atoms. The molecule has 1 heterocycles. The number of benzene rings is 1. The van der Waals surface area contributed by atoms with Crippen LogP contribution in [0.3, 0.4) is 0 Å². The van der Waals surface area contributed by atoms with E-state index in [1.165, 1.54) is 0 Å². The molecule has 1 aromatic heterocycles. The van der Waals surface area contributed by atoms with E-state index in [0.29, 0.717) is 0 Å². The summed E-state index contributed by atoms with van der Waals surface area (Å²) in [7, 11) is 1.87. The SMILES string of the molecule is Cc1ccc(Sc2ncnn2C)cc1N. The Morgan fingerprint density at radius 1 is 1.40 bits per heavy atom. The number of rotatable bonds is 2. The monoisotopic (exact) mass is 220 g/mol. The molecule has 2 N–H and O–H groups in total. The van der Waals surface area contributed by atoms with Gasteiger partial charge in [-0.3, -0.25) is 0 Å². The highest BCUT2D eigenvalue weighted by Gasteiger charge is 2.04. The molecule has 0 amide bonds. The molecule has 0 radical (unpaired) electrons. The molecule has 0 fully saturated rings. The zero-order valence-corrected chi connectivity index (χ0v) is 9.45. The maximum atomic E-state index is 5.83. The molecule has 0 aliphatic carbocycles. The van der Waals surface area contributed by atoms with E-state index in [1.54, 1.807) is 22.8 Å². The summed E-state index contributed by atoms with van der Waals surface area (Å²) in [6, 6.07) is 5.99.